The van der Waals surface area contributed by atoms with Crippen LogP contribution in [0.3, 0.4) is 0 Å². The SMILES string of the molecule is C=COC=C.C=Cc1ccc(Br)c(Br)c1Br.OCCO. The molecule has 0 fully saturated rings. The van der Waals surface area contributed by atoms with Crippen molar-refractivity contribution in [3.05, 3.63) is 63.4 Å². The van der Waals surface area contributed by atoms with Gasteiger partial charge in [-0.05, 0) is 59.4 Å². The van der Waals surface area contributed by atoms with Gasteiger partial charge in [0.1, 0.15) is 0 Å². The van der Waals surface area contributed by atoms with E-state index in [1.54, 1.807) is 6.08 Å². The molecule has 0 bridgehead atoms. The Bertz CT molecular complexity index is 412. The number of benzene rings is 1. The van der Waals surface area contributed by atoms with Crippen LogP contribution in [0.5, 0.6) is 0 Å². The monoisotopic (exact) mass is 470 g/mol. The van der Waals surface area contributed by atoms with Gasteiger partial charge < -0.3 is 14.9 Å². The molecule has 6 heteroatoms. The van der Waals surface area contributed by atoms with Gasteiger partial charge in [0.05, 0.1) is 25.7 Å². The minimum absolute atomic E-state index is 0.125. The lowest BCUT2D eigenvalue weighted by Gasteiger charge is -2.02. The number of hydrogen-bond acceptors (Lipinski definition) is 3. The van der Waals surface area contributed by atoms with E-state index in [-0.39, 0.29) is 13.2 Å². The van der Waals surface area contributed by atoms with Crippen LogP contribution in [0.1, 0.15) is 5.56 Å². The van der Waals surface area contributed by atoms with Crippen LogP contribution >= 0.6 is 47.8 Å². The van der Waals surface area contributed by atoms with E-state index in [1.165, 1.54) is 12.5 Å². The van der Waals surface area contributed by atoms with E-state index in [2.05, 4.69) is 72.3 Å². The van der Waals surface area contributed by atoms with E-state index in [9.17, 15) is 0 Å². The molecule has 1 rings (SSSR count). The molecule has 3 nitrogen and oxygen atoms in total. The predicted octanol–water partition coefficient (Wildman–Crippen LogP) is 4.88. The summed E-state index contributed by atoms with van der Waals surface area (Å²) in [7, 11) is 0. The van der Waals surface area contributed by atoms with Gasteiger partial charge in [0.2, 0.25) is 0 Å². The molecule has 0 aliphatic rings. The van der Waals surface area contributed by atoms with E-state index in [4.69, 9.17) is 10.2 Å². The van der Waals surface area contributed by atoms with Crippen LogP contribution in [0.4, 0.5) is 0 Å². The zero-order valence-electron chi connectivity index (χ0n) is 10.9. The first-order valence-electron chi connectivity index (χ1n) is 5.34. The fourth-order valence-corrected chi connectivity index (χ4v) is 2.23. The Hall–Kier alpha value is -0.400. The van der Waals surface area contributed by atoms with Crippen LogP contribution in [0.15, 0.2) is 57.8 Å². The van der Waals surface area contributed by atoms with Gasteiger partial charge in [0.15, 0.2) is 0 Å². The maximum Gasteiger partial charge on any atom is 0.0829 e. The van der Waals surface area contributed by atoms with Crippen molar-refractivity contribution in [2.75, 3.05) is 13.2 Å². The average Bonchev–Trinajstić information content (AvgIpc) is 2.47. The van der Waals surface area contributed by atoms with E-state index < -0.39 is 0 Å². The number of aliphatic hydroxyl groups excluding tert-OH is 2. The number of hydrogen-bond donors (Lipinski definition) is 2. The summed E-state index contributed by atoms with van der Waals surface area (Å²) in [5, 5.41) is 15.2. The summed E-state index contributed by atoms with van der Waals surface area (Å²) < 4.78 is 7.45. The van der Waals surface area contributed by atoms with Crippen molar-refractivity contribution in [1.29, 1.82) is 0 Å². The second kappa shape index (κ2) is 15.0. The normalized spacial score (nSPS) is 8.25. The molecular formula is C14H17Br3O3. The summed E-state index contributed by atoms with van der Waals surface area (Å²) in [4.78, 5) is 0. The molecule has 0 aliphatic carbocycles. The zero-order chi connectivity index (χ0) is 16.0. The van der Waals surface area contributed by atoms with Gasteiger partial charge in [-0.15, -0.1) is 0 Å². The van der Waals surface area contributed by atoms with Crippen LogP contribution in [0.2, 0.25) is 0 Å². The molecule has 0 atom stereocenters. The highest BCUT2D eigenvalue weighted by atomic mass is 79.9. The molecule has 112 valence electrons. The number of rotatable bonds is 4. The summed E-state index contributed by atoms with van der Waals surface area (Å²) in [6.45, 7) is 9.96. The molecule has 0 aromatic heterocycles. The van der Waals surface area contributed by atoms with Gasteiger partial charge in [-0.3, -0.25) is 0 Å². The lowest BCUT2D eigenvalue weighted by atomic mass is 10.2. The Morgan fingerprint density at radius 2 is 1.45 bits per heavy atom. The highest BCUT2D eigenvalue weighted by Crippen LogP contribution is 2.33. The largest absolute Gasteiger partial charge is 0.474 e. The third-order valence-corrected chi connectivity index (χ3v) is 4.98. The van der Waals surface area contributed by atoms with E-state index in [1.807, 2.05) is 12.1 Å². The smallest absolute Gasteiger partial charge is 0.0829 e. The standard InChI is InChI=1S/C8H5Br3.C4H6O.C2H6O2/c1-2-5-3-4-6(9)8(11)7(5)10;1-3-5-4-2;3-1-2-4/h2-4H,1H2;3-4H,1-2H2;3-4H,1-2H2. The second-order valence-electron chi connectivity index (χ2n) is 2.89. The highest BCUT2D eigenvalue weighted by molar-refractivity contribution is 9.14. The third kappa shape index (κ3) is 10.4. The lowest BCUT2D eigenvalue weighted by Crippen LogP contribution is -1.85. The summed E-state index contributed by atoms with van der Waals surface area (Å²) >= 11 is 10.3. The molecule has 0 saturated heterocycles. The summed E-state index contributed by atoms with van der Waals surface area (Å²) in [5.74, 6) is 0. The molecule has 0 aliphatic heterocycles. The summed E-state index contributed by atoms with van der Waals surface area (Å²) in [6.07, 6.45) is 4.43. The minimum atomic E-state index is -0.125. The van der Waals surface area contributed by atoms with E-state index in [0.717, 1.165) is 19.0 Å². The average molecular weight is 473 g/mol. The molecule has 0 saturated carbocycles. The molecule has 1 aromatic rings. The molecule has 0 heterocycles. The van der Waals surface area contributed by atoms with Gasteiger partial charge in [0.25, 0.3) is 0 Å². The van der Waals surface area contributed by atoms with Crippen LogP contribution < -0.4 is 0 Å². The predicted molar refractivity (Wildman–Crippen MR) is 95.3 cm³/mol. The molecule has 0 amide bonds. The van der Waals surface area contributed by atoms with Crippen molar-refractivity contribution in [1.82, 2.24) is 0 Å². The number of aliphatic hydroxyl groups is 2. The molecule has 0 spiro atoms. The maximum atomic E-state index is 7.62. The second-order valence-corrected chi connectivity index (χ2v) is 5.33. The molecule has 0 unspecified atom stereocenters. The van der Waals surface area contributed by atoms with Gasteiger partial charge >= 0.3 is 0 Å². The Balaban J connectivity index is 0. The van der Waals surface area contributed by atoms with Crippen molar-refractivity contribution < 1.29 is 14.9 Å². The van der Waals surface area contributed by atoms with Gasteiger partial charge in [-0.25, -0.2) is 0 Å². The van der Waals surface area contributed by atoms with Gasteiger partial charge in [-0.2, -0.15) is 0 Å². The number of ether oxygens (including phenoxy) is 1. The van der Waals surface area contributed by atoms with Crippen molar-refractivity contribution in [3.8, 4) is 0 Å². The first-order valence-corrected chi connectivity index (χ1v) is 7.72. The molecule has 20 heavy (non-hydrogen) atoms. The van der Waals surface area contributed by atoms with E-state index >= 15 is 0 Å². The molecular weight excluding hydrogens is 456 g/mol. The van der Waals surface area contributed by atoms with Crippen LogP contribution in [0.25, 0.3) is 6.08 Å². The van der Waals surface area contributed by atoms with Crippen LogP contribution in [0, 0.1) is 0 Å². The Morgan fingerprint density at radius 1 is 0.950 bits per heavy atom. The van der Waals surface area contributed by atoms with Crippen LogP contribution in [-0.4, -0.2) is 23.4 Å². The Labute approximate surface area is 145 Å². The highest BCUT2D eigenvalue weighted by Gasteiger charge is 2.03. The molecule has 2 N–H and O–H groups in total. The third-order valence-electron chi connectivity index (χ3n) is 1.58. The number of halogens is 3. The zero-order valence-corrected chi connectivity index (χ0v) is 15.6. The van der Waals surface area contributed by atoms with Crippen molar-refractivity contribution in [2.24, 2.45) is 0 Å². The summed E-state index contributed by atoms with van der Waals surface area (Å²) in [5.41, 5.74) is 1.08. The van der Waals surface area contributed by atoms with Crippen LogP contribution in [-0.2, 0) is 4.74 Å². The van der Waals surface area contributed by atoms with Gasteiger partial charge in [-0.1, -0.05) is 31.9 Å². The maximum absolute atomic E-state index is 7.62. The minimum Gasteiger partial charge on any atom is -0.474 e. The Morgan fingerprint density at radius 3 is 1.75 bits per heavy atom. The quantitative estimate of drug-likeness (QED) is 0.485. The van der Waals surface area contributed by atoms with Crippen molar-refractivity contribution in [3.63, 3.8) is 0 Å². The van der Waals surface area contributed by atoms with E-state index in [0.29, 0.717) is 0 Å². The first kappa shape index (κ1) is 21.9. The fraction of sp³-hybridized carbons (Fsp3) is 0.143. The van der Waals surface area contributed by atoms with Crippen molar-refractivity contribution in [2.45, 2.75) is 0 Å². The topological polar surface area (TPSA) is 49.7 Å². The van der Waals surface area contributed by atoms with Crippen molar-refractivity contribution >= 4 is 53.9 Å². The summed E-state index contributed by atoms with van der Waals surface area (Å²) in [6, 6.07) is 3.97. The Kier molecular flexibility index (Phi) is 16.4. The first-order chi connectivity index (χ1) is 9.49. The molecule has 1 aromatic carbocycles. The van der Waals surface area contributed by atoms with Gasteiger partial charge in [0, 0.05) is 13.4 Å². The molecule has 0 radical (unpaired) electrons. The lowest BCUT2D eigenvalue weighted by molar-refractivity contribution is 0.186. The fourth-order valence-electron chi connectivity index (χ4n) is 0.767.